The molecule has 0 amide bonds. The van der Waals surface area contributed by atoms with E-state index in [1.807, 2.05) is 30.3 Å². The number of rotatable bonds is 4. The first-order valence-corrected chi connectivity index (χ1v) is 11.3. The smallest absolute Gasteiger partial charge is 0.257 e. The number of hydrogen-bond donors (Lipinski definition) is 2. The number of H-pyrrole nitrogens is 1. The first-order chi connectivity index (χ1) is 13.7. The predicted octanol–water partition coefficient (Wildman–Crippen LogP) is 4.45. The Kier molecular flexibility index (Phi) is 5.32. The monoisotopic (exact) mass is 411 g/mol. The molecule has 5 nitrogen and oxygen atoms in total. The fraction of sp³-hybridized carbons (Fsp3) is 0.522. The second kappa shape index (κ2) is 7.63. The number of nitrogens with one attached hydrogen (secondary N) is 2. The molecule has 2 aliphatic rings. The first-order valence-electron chi connectivity index (χ1n) is 10.4. The zero-order valence-electron chi connectivity index (χ0n) is 17.5. The topological polar surface area (TPSA) is 74.8 Å². The summed E-state index contributed by atoms with van der Waals surface area (Å²) in [5.74, 6) is 1.77. The van der Waals surface area contributed by atoms with Gasteiger partial charge in [0.1, 0.15) is 11.6 Å². The molecule has 2 aromatic rings. The highest BCUT2D eigenvalue weighted by atomic mass is 32.2. The van der Waals surface area contributed by atoms with Crippen LogP contribution < -0.4 is 10.9 Å². The number of aromatic amines is 1. The second-order valence-electron chi connectivity index (χ2n) is 9.51. The summed E-state index contributed by atoms with van der Waals surface area (Å²) in [6, 6.07) is 9.93. The number of ketones is 1. The van der Waals surface area contributed by atoms with Crippen LogP contribution in [0.5, 0.6) is 0 Å². The Morgan fingerprint density at radius 1 is 1.21 bits per heavy atom. The first kappa shape index (κ1) is 20.2. The van der Waals surface area contributed by atoms with Crippen molar-refractivity contribution in [1.82, 2.24) is 9.97 Å². The third kappa shape index (κ3) is 4.00. The lowest BCUT2D eigenvalue weighted by molar-refractivity contribution is -0.129. The average Bonchev–Trinajstić information content (AvgIpc) is 2.64. The highest BCUT2D eigenvalue weighted by molar-refractivity contribution is 7.99. The largest absolute Gasteiger partial charge is 0.366 e. The maximum Gasteiger partial charge on any atom is 0.257 e. The molecule has 29 heavy (non-hydrogen) atoms. The molecule has 2 heterocycles. The maximum absolute atomic E-state index is 13.2. The van der Waals surface area contributed by atoms with Crippen molar-refractivity contribution < 1.29 is 4.79 Å². The molecule has 1 aromatic heterocycles. The van der Waals surface area contributed by atoms with Crippen LogP contribution in [0.4, 0.5) is 5.82 Å². The van der Waals surface area contributed by atoms with Crippen molar-refractivity contribution in [3.8, 4) is 0 Å². The fourth-order valence-corrected chi connectivity index (χ4v) is 5.54. The molecule has 1 saturated carbocycles. The van der Waals surface area contributed by atoms with E-state index in [1.54, 1.807) is 11.8 Å². The van der Waals surface area contributed by atoms with Crippen molar-refractivity contribution in [1.29, 1.82) is 0 Å². The van der Waals surface area contributed by atoms with Gasteiger partial charge in [-0.15, -0.1) is 0 Å². The molecule has 3 unspecified atom stereocenters. The van der Waals surface area contributed by atoms with E-state index in [4.69, 9.17) is 4.98 Å². The van der Waals surface area contributed by atoms with Gasteiger partial charge in [-0.2, -0.15) is 0 Å². The number of aromatic nitrogens is 2. The van der Waals surface area contributed by atoms with Crippen molar-refractivity contribution in [2.75, 3.05) is 11.1 Å². The van der Waals surface area contributed by atoms with Crippen molar-refractivity contribution >= 4 is 23.4 Å². The molecule has 3 atom stereocenters. The molecule has 6 heteroatoms. The summed E-state index contributed by atoms with van der Waals surface area (Å²) in [5.41, 5.74) is 1.41. The Labute approximate surface area is 176 Å². The number of benzene rings is 1. The lowest BCUT2D eigenvalue weighted by atomic mass is 9.62. The van der Waals surface area contributed by atoms with Gasteiger partial charge in [0.25, 0.3) is 5.56 Å². The molecule has 0 spiro atoms. The third-order valence-corrected chi connectivity index (χ3v) is 7.17. The van der Waals surface area contributed by atoms with E-state index in [2.05, 4.69) is 38.0 Å². The zero-order chi connectivity index (χ0) is 20.8. The van der Waals surface area contributed by atoms with Gasteiger partial charge in [0.2, 0.25) is 0 Å². The van der Waals surface area contributed by atoms with E-state index >= 15 is 0 Å². The predicted molar refractivity (Wildman–Crippen MR) is 118 cm³/mol. The highest BCUT2D eigenvalue weighted by Crippen LogP contribution is 2.48. The summed E-state index contributed by atoms with van der Waals surface area (Å²) >= 11 is 1.57. The Morgan fingerprint density at radius 3 is 2.62 bits per heavy atom. The average molecular weight is 412 g/mol. The minimum absolute atomic E-state index is 0.0128. The van der Waals surface area contributed by atoms with Crippen molar-refractivity contribution in [3.05, 3.63) is 51.8 Å². The zero-order valence-corrected chi connectivity index (χ0v) is 18.3. The van der Waals surface area contributed by atoms with Gasteiger partial charge in [-0.25, -0.2) is 4.98 Å². The molecule has 1 aliphatic carbocycles. The van der Waals surface area contributed by atoms with Gasteiger partial charge in [-0.1, -0.05) is 69.8 Å². The Bertz CT molecular complexity index is 968. The van der Waals surface area contributed by atoms with E-state index in [9.17, 15) is 9.59 Å². The summed E-state index contributed by atoms with van der Waals surface area (Å²) in [6.07, 6.45) is 1.43. The van der Waals surface area contributed by atoms with Gasteiger partial charge in [0.15, 0.2) is 5.16 Å². The lowest BCUT2D eigenvalue weighted by Gasteiger charge is -2.46. The Hall–Kier alpha value is -2.08. The molecule has 0 saturated heterocycles. The number of nitrogens with zero attached hydrogens (tertiary/aromatic N) is 1. The summed E-state index contributed by atoms with van der Waals surface area (Å²) in [5, 5.41) is 4.13. The Balaban J connectivity index is 1.83. The van der Waals surface area contributed by atoms with E-state index in [1.165, 1.54) is 0 Å². The number of anilines is 1. The minimum atomic E-state index is -0.263. The van der Waals surface area contributed by atoms with Crippen LogP contribution in [0, 0.1) is 17.3 Å². The maximum atomic E-state index is 13.2. The van der Waals surface area contributed by atoms with Crippen LogP contribution in [0.2, 0.25) is 0 Å². The van der Waals surface area contributed by atoms with E-state index in [0.29, 0.717) is 28.9 Å². The lowest BCUT2D eigenvalue weighted by Crippen LogP contribution is -2.51. The molecule has 1 fully saturated rings. The van der Waals surface area contributed by atoms with Crippen molar-refractivity contribution in [2.24, 2.45) is 17.3 Å². The third-order valence-electron chi connectivity index (χ3n) is 5.87. The number of hydrogen-bond acceptors (Lipinski definition) is 5. The standard InChI is InChI=1S/C23H29N3O2S/c1-13(2)12-29-22-25-20-19(21(28)26-22)17(14-8-6-5-7-9-14)18-15(24-20)10-23(3,4)11-16(18)27/h5-9,13,15,17-18H,10-12H2,1-4H3,(H2,24,25,26,28). The molecular formula is C23H29N3O2S. The van der Waals surface area contributed by atoms with E-state index < -0.39 is 0 Å². The number of fused-ring (bicyclic) bond motifs is 2. The van der Waals surface area contributed by atoms with Gasteiger partial charge < -0.3 is 10.3 Å². The molecule has 1 aromatic carbocycles. The number of thioether (sulfide) groups is 1. The van der Waals surface area contributed by atoms with Crippen LogP contribution >= 0.6 is 11.8 Å². The van der Waals surface area contributed by atoms with Crippen LogP contribution in [0.15, 0.2) is 40.3 Å². The number of Topliss-reactive ketones (excluding diaryl/α,β-unsaturated/α-hetero) is 1. The second-order valence-corrected chi connectivity index (χ2v) is 10.5. The van der Waals surface area contributed by atoms with Crippen LogP contribution in [0.3, 0.4) is 0 Å². The van der Waals surface area contributed by atoms with Crippen LogP contribution in [-0.4, -0.2) is 27.5 Å². The molecule has 2 N–H and O–H groups in total. The van der Waals surface area contributed by atoms with Crippen molar-refractivity contribution in [3.63, 3.8) is 0 Å². The summed E-state index contributed by atoms with van der Waals surface area (Å²) in [7, 11) is 0. The van der Waals surface area contributed by atoms with Gasteiger partial charge in [0, 0.05) is 30.1 Å². The van der Waals surface area contributed by atoms with Crippen LogP contribution in [-0.2, 0) is 4.79 Å². The normalized spacial score (nSPS) is 25.3. The minimum Gasteiger partial charge on any atom is -0.366 e. The van der Waals surface area contributed by atoms with Gasteiger partial charge in [-0.05, 0) is 23.3 Å². The van der Waals surface area contributed by atoms with E-state index in [0.717, 1.165) is 17.7 Å². The van der Waals surface area contributed by atoms with Crippen molar-refractivity contribution in [2.45, 2.75) is 57.7 Å². The summed E-state index contributed by atoms with van der Waals surface area (Å²) < 4.78 is 0. The molecule has 1 aliphatic heterocycles. The van der Waals surface area contributed by atoms with Gasteiger partial charge in [-0.3, -0.25) is 9.59 Å². The number of carbonyl (C=O) groups is 1. The van der Waals surface area contributed by atoms with E-state index in [-0.39, 0.29) is 34.6 Å². The molecule has 154 valence electrons. The SMILES string of the molecule is CC(C)CSc1nc2c(c(=O)[nH]1)C(c1ccccc1)C1C(=O)CC(C)(C)CC1N2. The van der Waals surface area contributed by atoms with Crippen LogP contribution in [0.25, 0.3) is 0 Å². The molecule has 0 bridgehead atoms. The highest BCUT2D eigenvalue weighted by Gasteiger charge is 2.49. The Morgan fingerprint density at radius 2 is 1.93 bits per heavy atom. The quantitative estimate of drug-likeness (QED) is 0.574. The molecule has 0 radical (unpaired) electrons. The van der Waals surface area contributed by atoms with Crippen LogP contribution in [0.1, 0.15) is 57.6 Å². The molecular weight excluding hydrogens is 382 g/mol. The molecule has 4 rings (SSSR count). The fourth-order valence-electron chi connectivity index (χ4n) is 4.73. The summed E-state index contributed by atoms with van der Waals surface area (Å²) in [4.78, 5) is 34.1. The van der Waals surface area contributed by atoms with Gasteiger partial charge in [0.05, 0.1) is 5.56 Å². The number of carbonyl (C=O) groups excluding carboxylic acids is 1. The van der Waals surface area contributed by atoms with Gasteiger partial charge >= 0.3 is 0 Å². The summed E-state index contributed by atoms with van der Waals surface area (Å²) in [6.45, 7) is 8.58.